The minimum atomic E-state index is -0.125. The van der Waals surface area contributed by atoms with Gasteiger partial charge in [0.25, 0.3) is 0 Å². The van der Waals surface area contributed by atoms with Gasteiger partial charge < -0.3 is 18.9 Å². The number of nitrogens with zero attached hydrogens (tertiary/aromatic N) is 1. The number of ether oxygens (including phenoxy) is 4. The van der Waals surface area contributed by atoms with Gasteiger partial charge in [0.2, 0.25) is 5.78 Å². The van der Waals surface area contributed by atoms with Gasteiger partial charge in [0.05, 0.1) is 28.4 Å². The summed E-state index contributed by atoms with van der Waals surface area (Å²) in [5, 5.41) is 1.85. The predicted molar refractivity (Wildman–Crippen MR) is 116 cm³/mol. The van der Waals surface area contributed by atoms with Gasteiger partial charge in [0, 0.05) is 17.7 Å². The standard InChI is InChI=1S/C24H23NO5/c1-27-19-10-14-5-6-16(9-17(14)12-21(19)29-3)24(26)23-18-13-22(30-4)20(28-2)11-15(18)7-8-25-23/h5-6,9-13H,7-8H2,1-4H3. The van der Waals surface area contributed by atoms with Crippen molar-refractivity contribution in [3.8, 4) is 23.0 Å². The lowest BCUT2D eigenvalue weighted by Crippen LogP contribution is -2.22. The molecule has 0 amide bonds. The first-order valence-electron chi connectivity index (χ1n) is 9.59. The second-order valence-corrected chi connectivity index (χ2v) is 6.94. The van der Waals surface area contributed by atoms with Gasteiger partial charge in [-0.3, -0.25) is 9.79 Å². The molecule has 6 heteroatoms. The van der Waals surface area contributed by atoms with Crippen molar-refractivity contribution in [1.82, 2.24) is 0 Å². The van der Waals surface area contributed by atoms with E-state index in [0.29, 0.717) is 40.8 Å². The van der Waals surface area contributed by atoms with E-state index in [1.807, 2.05) is 42.5 Å². The van der Waals surface area contributed by atoms with Crippen LogP contribution in [0.25, 0.3) is 10.8 Å². The average molecular weight is 405 g/mol. The Balaban J connectivity index is 1.77. The number of carbonyl (C=O) groups excluding carboxylic acids is 1. The smallest absolute Gasteiger partial charge is 0.211 e. The maximum atomic E-state index is 13.4. The van der Waals surface area contributed by atoms with E-state index >= 15 is 0 Å². The molecule has 3 aromatic carbocycles. The molecule has 0 fully saturated rings. The van der Waals surface area contributed by atoms with E-state index in [0.717, 1.165) is 28.3 Å². The van der Waals surface area contributed by atoms with Crippen molar-refractivity contribution < 1.29 is 23.7 Å². The second kappa shape index (κ2) is 8.06. The van der Waals surface area contributed by atoms with E-state index in [4.69, 9.17) is 18.9 Å². The molecular weight excluding hydrogens is 382 g/mol. The predicted octanol–water partition coefficient (Wildman–Crippen LogP) is 4.10. The molecule has 1 heterocycles. The molecule has 1 aliphatic heterocycles. The molecule has 154 valence electrons. The first-order chi connectivity index (χ1) is 14.6. The summed E-state index contributed by atoms with van der Waals surface area (Å²) in [5.41, 5.74) is 2.82. The number of fused-ring (bicyclic) bond motifs is 2. The largest absolute Gasteiger partial charge is 0.493 e. The fraction of sp³-hybridized carbons (Fsp3) is 0.250. The van der Waals surface area contributed by atoms with Gasteiger partial charge in [-0.25, -0.2) is 0 Å². The van der Waals surface area contributed by atoms with E-state index in [2.05, 4.69) is 4.99 Å². The summed E-state index contributed by atoms with van der Waals surface area (Å²) in [4.78, 5) is 17.9. The summed E-state index contributed by atoms with van der Waals surface area (Å²) < 4.78 is 21.6. The van der Waals surface area contributed by atoms with Gasteiger partial charge in [-0.15, -0.1) is 0 Å². The van der Waals surface area contributed by atoms with Crippen LogP contribution >= 0.6 is 0 Å². The quantitative estimate of drug-likeness (QED) is 0.578. The Morgan fingerprint density at radius 1 is 0.767 bits per heavy atom. The van der Waals surface area contributed by atoms with E-state index in [1.54, 1.807) is 28.4 Å². The second-order valence-electron chi connectivity index (χ2n) is 6.94. The molecule has 0 radical (unpaired) electrons. The lowest BCUT2D eigenvalue weighted by Gasteiger charge is -2.19. The SMILES string of the molecule is COc1cc2c(cc1OC)C(C(=O)c1ccc3cc(OC)c(OC)cc3c1)=NCC2. The third-order valence-electron chi connectivity index (χ3n) is 5.34. The van der Waals surface area contributed by atoms with Crippen LogP contribution in [-0.2, 0) is 6.42 Å². The minimum absolute atomic E-state index is 0.125. The highest BCUT2D eigenvalue weighted by atomic mass is 16.5. The van der Waals surface area contributed by atoms with Gasteiger partial charge in [-0.1, -0.05) is 12.1 Å². The molecule has 0 aromatic heterocycles. The molecule has 0 saturated carbocycles. The van der Waals surface area contributed by atoms with Crippen molar-refractivity contribution in [2.24, 2.45) is 4.99 Å². The Morgan fingerprint density at radius 2 is 1.37 bits per heavy atom. The average Bonchev–Trinajstić information content (AvgIpc) is 2.80. The van der Waals surface area contributed by atoms with Crippen LogP contribution in [0, 0.1) is 0 Å². The summed E-state index contributed by atoms with van der Waals surface area (Å²) in [6.45, 7) is 0.558. The van der Waals surface area contributed by atoms with Gasteiger partial charge in [0.15, 0.2) is 23.0 Å². The number of methoxy groups -OCH3 is 4. The first kappa shape index (κ1) is 19.8. The number of ketones is 1. The zero-order valence-corrected chi connectivity index (χ0v) is 17.4. The van der Waals surface area contributed by atoms with Crippen LogP contribution in [-0.4, -0.2) is 46.5 Å². The van der Waals surface area contributed by atoms with Gasteiger partial charge in [-0.2, -0.15) is 0 Å². The topological polar surface area (TPSA) is 66.4 Å². The number of carbonyl (C=O) groups is 1. The van der Waals surface area contributed by atoms with Crippen molar-refractivity contribution in [1.29, 1.82) is 0 Å². The van der Waals surface area contributed by atoms with Crippen LogP contribution in [0.1, 0.15) is 21.5 Å². The Morgan fingerprint density at radius 3 is 2.03 bits per heavy atom. The molecule has 6 nitrogen and oxygen atoms in total. The van der Waals surface area contributed by atoms with Crippen LogP contribution in [0.2, 0.25) is 0 Å². The molecule has 0 N–H and O–H groups in total. The van der Waals surface area contributed by atoms with Crippen LogP contribution in [0.15, 0.2) is 47.5 Å². The number of hydrogen-bond acceptors (Lipinski definition) is 6. The zero-order chi connectivity index (χ0) is 21.3. The molecule has 0 spiro atoms. The monoisotopic (exact) mass is 405 g/mol. The Kier molecular flexibility index (Phi) is 5.31. The Bertz CT molecular complexity index is 1170. The Labute approximate surface area is 175 Å². The molecule has 1 aliphatic rings. The van der Waals surface area contributed by atoms with Crippen LogP contribution in [0.4, 0.5) is 0 Å². The summed E-state index contributed by atoms with van der Waals surface area (Å²) >= 11 is 0. The number of Topliss-reactive ketones (excluding diaryl/α,β-unsaturated/α-hetero) is 1. The minimum Gasteiger partial charge on any atom is -0.493 e. The highest BCUT2D eigenvalue weighted by Crippen LogP contribution is 2.35. The van der Waals surface area contributed by atoms with E-state index in [9.17, 15) is 4.79 Å². The zero-order valence-electron chi connectivity index (χ0n) is 17.4. The van der Waals surface area contributed by atoms with Crippen LogP contribution in [0.3, 0.4) is 0 Å². The molecule has 4 rings (SSSR count). The number of hydrogen-bond donors (Lipinski definition) is 0. The molecule has 0 saturated heterocycles. The number of aliphatic imine (C=N–C) groups is 1. The summed E-state index contributed by atoms with van der Waals surface area (Å²) in [6.07, 6.45) is 0.751. The van der Waals surface area contributed by atoms with E-state index < -0.39 is 0 Å². The third kappa shape index (κ3) is 3.34. The Hall–Kier alpha value is -3.54. The van der Waals surface area contributed by atoms with Crippen LogP contribution < -0.4 is 18.9 Å². The lowest BCUT2D eigenvalue weighted by molar-refractivity contribution is 0.106. The van der Waals surface area contributed by atoms with Crippen molar-refractivity contribution in [2.45, 2.75) is 6.42 Å². The summed E-state index contributed by atoms with van der Waals surface area (Å²) in [5.74, 6) is 2.37. The van der Waals surface area contributed by atoms with Crippen molar-refractivity contribution in [2.75, 3.05) is 35.0 Å². The molecular formula is C24H23NO5. The molecule has 3 aromatic rings. The number of benzene rings is 3. The van der Waals surface area contributed by atoms with Gasteiger partial charge in [-0.05, 0) is 53.1 Å². The molecule has 0 aliphatic carbocycles. The fourth-order valence-corrected chi connectivity index (χ4v) is 3.77. The fourth-order valence-electron chi connectivity index (χ4n) is 3.77. The van der Waals surface area contributed by atoms with E-state index in [1.165, 1.54) is 0 Å². The van der Waals surface area contributed by atoms with Gasteiger partial charge >= 0.3 is 0 Å². The molecule has 0 bridgehead atoms. The maximum Gasteiger partial charge on any atom is 0.211 e. The maximum absolute atomic E-state index is 13.4. The lowest BCUT2D eigenvalue weighted by atomic mass is 9.91. The highest BCUT2D eigenvalue weighted by molar-refractivity contribution is 6.52. The summed E-state index contributed by atoms with van der Waals surface area (Å²) in [6, 6.07) is 13.1. The van der Waals surface area contributed by atoms with E-state index in [-0.39, 0.29) is 5.78 Å². The normalized spacial score (nSPS) is 12.7. The first-order valence-corrected chi connectivity index (χ1v) is 9.59. The number of rotatable bonds is 6. The highest BCUT2D eigenvalue weighted by Gasteiger charge is 2.24. The van der Waals surface area contributed by atoms with Crippen LogP contribution in [0.5, 0.6) is 23.0 Å². The van der Waals surface area contributed by atoms with Gasteiger partial charge in [0.1, 0.15) is 5.71 Å². The molecule has 0 unspecified atom stereocenters. The third-order valence-corrected chi connectivity index (χ3v) is 5.34. The molecule has 0 atom stereocenters. The van der Waals surface area contributed by atoms with Crippen molar-refractivity contribution in [3.05, 3.63) is 59.2 Å². The summed E-state index contributed by atoms with van der Waals surface area (Å²) in [7, 11) is 6.37. The van der Waals surface area contributed by atoms with Crippen molar-refractivity contribution >= 4 is 22.3 Å². The van der Waals surface area contributed by atoms with Crippen molar-refractivity contribution in [3.63, 3.8) is 0 Å². The molecule has 30 heavy (non-hydrogen) atoms.